The Labute approximate surface area is 115 Å². The number of benzene rings is 1. The highest BCUT2D eigenvalue weighted by Crippen LogP contribution is 2.31. The number of hydrogen-bond donors (Lipinski definition) is 1. The molecule has 0 saturated carbocycles. The van der Waals surface area contributed by atoms with Crippen LogP contribution in [-0.2, 0) is 6.42 Å². The van der Waals surface area contributed by atoms with Crippen molar-refractivity contribution in [3.05, 3.63) is 46.1 Å². The van der Waals surface area contributed by atoms with Crippen molar-refractivity contribution in [2.24, 2.45) is 0 Å². The molecule has 3 nitrogen and oxygen atoms in total. The van der Waals surface area contributed by atoms with E-state index < -0.39 is 0 Å². The Balaban J connectivity index is 2.54. The maximum absolute atomic E-state index is 8.72. The molecule has 0 aliphatic rings. The molecule has 2 N–H and O–H groups in total. The zero-order chi connectivity index (χ0) is 13.1. The summed E-state index contributed by atoms with van der Waals surface area (Å²) < 4.78 is 0. The van der Waals surface area contributed by atoms with Gasteiger partial charge in [-0.15, -0.1) is 0 Å². The fourth-order valence-corrected chi connectivity index (χ4v) is 2.01. The molecule has 5 heteroatoms. The van der Waals surface area contributed by atoms with Crippen molar-refractivity contribution in [3.8, 4) is 17.2 Å². The molecule has 0 aliphatic carbocycles. The Morgan fingerprint density at radius 2 is 2.06 bits per heavy atom. The fourth-order valence-electron chi connectivity index (χ4n) is 1.61. The molecule has 0 spiro atoms. The first-order valence-electron chi connectivity index (χ1n) is 5.18. The van der Waals surface area contributed by atoms with Gasteiger partial charge in [0.15, 0.2) is 0 Å². The smallest absolute Gasteiger partial charge is 0.127 e. The highest BCUT2D eigenvalue weighted by Gasteiger charge is 2.08. The average molecular weight is 278 g/mol. The second-order valence-electron chi connectivity index (χ2n) is 3.73. The Bertz CT molecular complexity index is 633. The summed E-state index contributed by atoms with van der Waals surface area (Å²) in [5.74, 6) is 0.360. The summed E-state index contributed by atoms with van der Waals surface area (Å²) in [6, 6.07) is 9.05. The third-order valence-corrected chi connectivity index (χ3v) is 3.08. The summed E-state index contributed by atoms with van der Waals surface area (Å²) in [4.78, 5) is 4.07. The van der Waals surface area contributed by atoms with Crippen LogP contribution >= 0.6 is 23.2 Å². The lowest BCUT2D eigenvalue weighted by Gasteiger charge is -2.07. The van der Waals surface area contributed by atoms with Crippen molar-refractivity contribution >= 4 is 29.0 Å². The van der Waals surface area contributed by atoms with Crippen LogP contribution in [0.3, 0.4) is 0 Å². The van der Waals surface area contributed by atoms with Gasteiger partial charge in [-0.2, -0.15) is 5.26 Å². The second kappa shape index (κ2) is 5.26. The highest BCUT2D eigenvalue weighted by atomic mass is 35.5. The van der Waals surface area contributed by atoms with Gasteiger partial charge in [0.25, 0.3) is 0 Å². The van der Waals surface area contributed by atoms with Crippen molar-refractivity contribution in [2.75, 3.05) is 5.73 Å². The van der Waals surface area contributed by atoms with Gasteiger partial charge in [0.1, 0.15) is 5.82 Å². The van der Waals surface area contributed by atoms with Crippen LogP contribution in [-0.4, -0.2) is 4.98 Å². The number of anilines is 1. The van der Waals surface area contributed by atoms with Gasteiger partial charge in [-0.3, -0.25) is 0 Å². The van der Waals surface area contributed by atoms with E-state index in [1.54, 1.807) is 24.4 Å². The van der Waals surface area contributed by atoms with Gasteiger partial charge in [-0.25, -0.2) is 4.98 Å². The Hall–Kier alpha value is -1.76. The van der Waals surface area contributed by atoms with E-state index >= 15 is 0 Å². The van der Waals surface area contributed by atoms with E-state index in [0.717, 1.165) is 11.1 Å². The van der Waals surface area contributed by atoms with E-state index in [-0.39, 0.29) is 6.42 Å². The van der Waals surface area contributed by atoms with Gasteiger partial charge in [0.05, 0.1) is 12.5 Å². The SMILES string of the molecule is N#CCc1cc(-c2cc(Cl)ccc2Cl)cnc1N. The largest absolute Gasteiger partial charge is 0.383 e. The third kappa shape index (κ3) is 2.56. The summed E-state index contributed by atoms with van der Waals surface area (Å²) in [6.07, 6.45) is 1.83. The van der Waals surface area contributed by atoms with E-state index in [9.17, 15) is 0 Å². The molecule has 0 unspecified atom stereocenters. The molecule has 2 aromatic rings. The molecule has 0 radical (unpaired) electrons. The first kappa shape index (κ1) is 12.7. The van der Waals surface area contributed by atoms with Gasteiger partial charge in [-0.05, 0) is 24.3 Å². The minimum Gasteiger partial charge on any atom is -0.383 e. The van der Waals surface area contributed by atoms with Gasteiger partial charge in [0, 0.05) is 32.9 Å². The van der Waals surface area contributed by atoms with E-state index in [4.69, 9.17) is 34.2 Å². The topological polar surface area (TPSA) is 62.7 Å². The number of hydrogen-bond acceptors (Lipinski definition) is 3. The monoisotopic (exact) mass is 277 g/mol. The van der Waals surface area contributed by atoms with Gasteiger partial charge >= 0.3 is 0 Å². The minimum atomic E-state index is 0.213. The average Bonchev–Trinajstić information content (AvgIpc) is 2.35. The third-order valence-electron chi connectivity index (χ3n) is 2.51. The number of nitrogens with two attached hydrogens (primary N) is 1. The summed E-state index contributed by atoms with van der Waals surface area (Å²) in [5.41, 5.74) is 7.95. The molecule has 1 heterocycles. The van der Waals surface area contributed by atoms with Crippen molar-refractivity contribution < 1.29 is 0 Å². The maximum Gasteiger partial charge on any atom is 0.127 e. The molecule has 18 heavy (non-hydrogen) atoms. The first-order valence-corrected chi connectivity index (χ1v) is 5.94. The predicted molar refractivity (Wildman–Crippen MR) is 73.4 cm³/mol. The molecule has 0 aliphatic heterocycles. The number of rotatable bonds is 2. The molecule has 0 atom stereocenters. The standard InChI is InChI=1S/C13H9Cl2N3/c14-10-1-2-12(15)11(6-10)9-5-8(3-4-16)13(17)18-7-9/h1-2,5-7H,3H2,(H2,17,18). The van der Waals surface area contributed by atoms with Crippen LogP contribution in [0.1, 0.15) is 5.56 Å². The van der Waals surface area contributed by atoms with E-state index in [0.29, 0.717) is 21.4 Å². The van der Waals surface area contributed by atoms with Crippen LogP contribution in [0.2, 0.25) is 10.0 Å². The van der Waals surface area contributed by atoms with Crippen LogP contribution in [0.15, 0.2) is 30.5 Å². The summed E-state index contributed by atoms with van der Waals surface area (Å²) in [7, 11) is 0. The van der Waals surface area contributed by atoms with Crippen LogP contribution in [0, 0.1) is 11.3 Å². The van der Waals surface area contributed by atoms with Crippen molar-refractivity contribution in [2.45, 2.75) is 6.42 Å². The normalized spacial score (nSPS) is 10.1. The zero-order valence-corrected chi connectivity index (χ0v) is 10.8. The van der Waals surface area contributed by atoms with Crippen molar-refractivity contribution in [1.82, 2.24) is 4.98 Å². The lowest BCUT2D eigenvalue weighted by atomic mass is 10.0. The van der Waals surface area contributed by atoms with E-state index in [1.165, 1.54) is 0 Å². The Kier molecular flexibility index (Phi) is 3.71. The molecule has 1 aromatic carbocycles. The van der Waals surface area contributed by atoms with Crippen LogP contribution in [0.25, 0.3) is 11.1 Å². The zero-order valence-electron chi connectivity index (χ0n) is 9.32. The Morgan fingerprint density at radius 1 is 1.28 bits per heavy atom. The molecule has 0 fully saturated rings. The quantitative estimate of drug-likeness (QED) is 0.910. The van der Waals surface area contributed by atoms with Crippen LogP contribution in [0.4, 0.5) is 5.82 Å². The molecule has 0 bridgehead atoms. The van der Waals surface area contributed by atoms with Crippen LogP contribution in [0.5, 0.6) is 0 Å². The molecule has 1 aromatic heterocycles. The number of aromatic nitrogens is 1. The fraction of sp³-hybridized carbons (Fsp3) is 0.0769. The number of halogens is 2. The molecular formula is C13H9Cl2N3. The molecule has 2 rings (SSSR count). The molecule has 0 saturated heterocycles. The maximum atomic E-state index is 8.72. The number of nitrogen functional groups attached to an aromatic ring is 1. The van der Waals surface area contributed by atoms with Crippen molar-refractivity contribution in [3.63, 3.8) is 0 Å². The summed E-state index contributed by atoms with van der Waals surface area (Å²) in [6.45, 7) is 0. The van der Waals surface area contributed by atoms with Gasteiger partial charge in [0.2, 0.25) is 0 Å². The molecule has 0 amide bonds. The number of nitriles is 1. The summed E-state index contributed by atoms with van der Waals surface area (Å²) in [5, 5.41) is 9.89. The van der Waals surface area contributed by atoms with Crippen molar-refractivity contribution in [1.29, 1.82) is 5.26 Å². The van der Waals surface area contributed by atoms with Gasteiger partial charge in [-0.1, -0.05) is 23.2 Å². The second-order valence-corrected chi connectivity index (χ2v) is 4.57. The summed E-state index contributed by atoms with van der Waals surface area (Å²) >= 11 is 12.1. The lowest BCUT2D eigenvalue weighted by molar-refractivity contribution is 1.20. The highest BCUT2D eigenvalue weighted by molar-refractivity contribution is 6.35. The predicted octanol–water partition coefficient (Wildman–Crippen LogP) is 3.70. The van der Waals surface area contributed by atoms with Gasteiger partial charge < -0.3 is 5.73 Å². The van der Waals surface area contributed by atoms with E-state index in [2.05, 4.69) is 11.1 Å². The lowest BCUT2D eigenvalue weighted by Crippen LogP contribution is -1.97. The number of pyridine rings is 1. The number of nitrogens with zero attached hydrogens (tertiary/aromatic N) is 2. The molecule has 90 valence electrons. The molecular weight excluding hydrogens is 269 g/mol. The minimum absolute atomic E-state index is 0.213. The van der Waals surface area contributed by atoms with E-state index in [1.807, 2.05) is 6.07 Å². The Morgan fingerprint density at radius 3 is 2.78 bits per heavy atom. The van der Waals surface area contributed by atoms with Crippen LogP contribution < -0.4 is 5.73 Å². The first-order chi connectivity index (χ1) is 8.61.